The number of carbonyl (C=O) groups is 1. The fourth-order valence-electron chi connectivity index (χ4n) is 1.63. The van der Waals surface area contributed by atoms with E-state index in [4.69, 9.17) is 0 Å². The van der Waals surface area contributed by atoms with Crippen LogP contribution in [0.5, 0.6) is 0 Å². The Morgan fingerprint density at radius 1 is 1.40 bits per heavy atom. The molecule has 0 saturated heterocycles. The van der Waals surface area contributed by atoms with Gasteiger partial charge in [-0.05, 0) is 62.5 Å². The summed E-state index contributed by atoms with van der Waals surface area (Å²) in [7, 11) is 0. The van der Waals surface area contributed by atoms with Gasteiger partial charge >= 0.3 is 4.34 Å². The third kappa shape index (κ3) is 3.34. The maximum absolute atomic E-state index is 12.0. The summed E-state index contributed by atoms with van der Waals surface area (Å²) >= 11 is 5.45. The Bertz CT molecular complexity index is 658. The second-order valence-corrected chi connectivity index (χ2v) is 6.62. The van der Waals surface area contributed by atoms with Crippen molar-refractivity contribution in [2.45, 2.75) is 4.34 Å². The third-order valence-corrected chi connectivity index (χ3v) is 5.45. The molecule has 0 atom stereocenters. The number of anilines is 1. The summed E-state index contributed by atoms with van der Waals surface area (Å²) in [5, 5.41) is 7.89. The van der Waals surface area contributed by atoms with E-state index in [1.54, 1.807) is 23.9 Å². The molecular formula is C12H9I2N3OS2. The van der Waals surface area contributed by atoms with Crippen LogP contribution in [0.4, 0.5) is 5.13 Å². The van der Waals surface area contributed by atoms with Crippen molar-refractivity contribution in [2.75, 3.05) is 11.1 Å². The van der Waals surface area contributed by atoms with Crippen LogP contribution in [-0.4, -0.2) is 16.8 Å². The molecule has 8 heteroatoms. The number of benzene rings is 1. The number of hydrogen-bond acceptors (Lipinski definition) is 4. The van der Waals surface area contributed by atoms with Gasteiger partial charge in [-0.15, -0.1) is 0 Å². The van der Waals surface area contributed by atoms with Crippen molar-refractivity contribution in [3.63, 3.8) is 0 Å². The van der Waals surface area contributed by atoms with Crippen LogP contribution >= 0.6 is 45.7 Å². The van der Waals surface area contributed by atoms with Gasteiger partial charge < -0.3 is 24.0 Å². The molecule has 1 aliphatic rings. The minimum Gasteiger partial charge on any atom is -1.00 e. The lowest BCUT2D eigenvalue weighted by molar-refractivity contribution is -0.671. The summed E-state index contributed by atoms with van der Waals surface area (Å²) in [6.45, 7) is 0. The van der Waals surface area contributed by atoms with E-state index in [2.05, 4.69) is 33.0 Å². The summed E-state index contributed by atoms with van der Waals surface area (Å²) in [5.74, 6) is 0.813. The van der Waals surface area contributed by atoms with Crippen molar-refractivity contribution in [3.05, 3.63) is 40.0 Å². The fraction of sp³-hybridized carbons (Fsp3) is 0.0833. The van der Waals surface area contributed by atoms with Gasteiger partial charge in [0.15, 0.2) is 0 Å². The highest BCUT2D eigenvalue weighted by atomic mass is 127. The molecule has 1 amide bonds. The zero-order valence-corrected chi connectivity index (χ0v) is 16.0. The average molecular weight is 529 g/mol. The quantitative estimate of drug-likeness (QED) is 0.340. The van der Waals surface area contributed by atoms with Gasteiger partial charge in [0.2, 0.25) is 5.70 Å². The highest BCUT2D eigenvalue weighted by Crippen LogP contribution is 2.32. The first kappa shape index (κ1) is 16.2. The van der Waals surface area contributed by atoms with E-state index < -0.39 is 0 Å². The number of aromatic nitrogens is 2. The van der Waals surface area contributed by atoms with Crippen LogP contribution in [0.15, 0.2) is 38.8 Å². The molecule has 0 radical (unpaired) electrons. The second-order valence-electron chi connectivity index (χ2n) is 3.79. The Balaban J connectivity index is 0.00000147. The van der Waals surface area contributed by atoms with Crippen LogP contribution in [0.25, 0.3) is 5.70 Å². The molecule has 2 aromatic rings. The molecule has 0 saturated carbocycles. The Kier molecular flexibility index (Phi) is 5.81. The highest BCUT2D eigenvalue weighted by molar-refractivity contribution is 14.1. The zero-order chi connectivity index (χ0) is 13.2. The molecule has 3 rings (SSSR count). The van der Waals surface area contributed by atoms with Gasteiger partial charge in [0.05, 0.1) is 5.75 Å². The average Bonchev–Trinajstić information content (AvgIpc) is 2.99. The number of carbonyl (C=O) groups excluding carboxylic acids is 1. The van der Waals surface area contributed by atoms with E-state index in [0.29, 0.717) is 10.7 Å². The number of halogens is 2. The van der Waals surface area contributed by atoms with Crippen molar-refractivity contribution in [1.29, 1.82) is 0 Å². The van der Waals surface area contributed by atoms with E-state index in [-0.39, 0.29) is 29.9 Å². The monoisotopic (exact) mass is 529 g/mol. The number of amides is 1. The number of rotatable bonds is 2. The lowest BCUT2D eigenvalue weighted by Crippen LogP contribution is -3.00. The van der Waals surface area contributed by atoms with Crippen LogP contribution in [0.3, 0.4) is 0 Å². The lowest BCUT2D eigenvalue weighted by atomic mass is 10.2. The zero-order valence-electron chi connectivity index (χ0n) is 10.0. The summed E-state index contributed by atoms with van der Waals surface area (Å²) in [5.41, 5.74) is 1.79. The molecule has 0 spiro atoms. The van der Waals surface area contributed by atoms with Gasteiger partial charge in [0.25, 0.3) is 11.0 Å². The van der Waals surface area contributed by atoms with Crippen molar-refractivity contribution < 1.29 is 33.5 Å². The van der Waals surface area contributed by atoms with Gasteiger partial charge in [-0.2, -0.15) is 0 Å². The summed E-state index contributed by atoms with van der Waals surface area (Å²) < 4.78 is 5.01. The number of nitrogens with zero attached hydrogens (tertiary/aromatic N) is 2. The van der Waals surface area contributed by atoms with Crippen LogP contribution in [0, 0.1) is 0 Å². The molecule has 0 fully saturated rings. The van der Waals surface area contributed by atoms with Gasteiger partial charge in [-0.25, -0.2) is 0 Å². The molecule has 1 aromatic carbocycles. The molecule has 104 valence electrons. The molecule has 20 heavy (non-hydrogen) atoms. The number of hydrogen-bond donors (Lipinski definition) is 1. The molecule has 0 aliphatic carbocycles. The lowest BCUT2D eigenvalue weighted by Gasteiger charge is -1.98. The van der Waals surface area contributed by atoms with E-state index >= 15 is 0 Å². The van der Waals surface area contributed by atoms with Crippen LogP contribution < -0.4 is 34.0 Å². The van der Waals surface area contributed by atoms with Crippen LogP contribution in [-0.2, 0) is 0 Å². The van der Waals surface area contributed by atoms with Gasteiger partial charge in [-0.3, -0.25) is 10.1 Å². The standard InChI is InChI=1S/C12H8IN3OS2.HI/c13-6-9-7-18-12-16(9)15-11(19-12)14-10(17)8-4-2-1-3-5-8;/h1-6H,7H2;1H. The predicted octanol–water partition coefficient (Wildman–Crippen LogP) is 0.0260. The van der Waals surface area contributed by atoms with Gasteiger partial charge in [-0.1, -0.05) is 18.2 Å². The first-order valence-electron chi connectivity index (χ1n) is 5.50. The Morgan fingerprint density at radius 2 is 2.15 bits per heavy atom. The molecule has 1 aliphatic heterocycles. The molecule has 4 nitrogen and oxygen atoms in total. The maximum Gasteiger partial charge on any atom is 0.332 e. The molecule has 0 bridgehead atoms. The summed E-state index contributed by atoms with van der Waals surface area (Å²) in [4.78, 5) is 12.0. The largest absolute Gasteiger partial charge is 1.00 e. The topological polar surface area (TPSA) is 45.9 Å². The fourth-order valence-corrected chi connectivity index (χ4v) is 4.50. The molecule has 1 N–H and O–H groups in total. The Hall–Kier alpha value is -0.200. The number of nitrogens with one attached hydrogen (secondary N) is 1. The third-order valence-electron chi connectivity index (χ3n) is 2.55. The summed E-state index contributed by atoms with van der Waals surface area (Å²) in [6.07, 6.45) is 0. The smallest absolute Gasteiger partial charge is 0.332 e. The van der Waals surface area contributed by atoms with Crippen LogP contribution in [0.2, 0.25) is 0 Å². The second kappa shape index (κ2) is 7.18. The van der Waals surface area contributed by atoms with Crippen LogP contribution in [0.1, 0.15) is 10.4 Å². The van der Waals surface area contributed by atoms with Crippen molar-refractivity contribution in [1.82, 2.24) is 5.10 Å². The normalized spacial score (nSPS) is 14.8. The Labute approximate surface area is 155 Å². The van der Waals surface area contributed by atoms with Gasteiger partial charge in [0, 0.05) is 14.7 Å². The van der Waals surface area contributed by atoms with Crippen molar-refractivity contribution in [2.24, 2.45) is 0 Å². The molecule has 0 unspecified atom stereocenters. The first-order valence-corrected chi connectivity index (χ1v) is 8.54. The predicted molar refractivity (Wildman–Crippen MR) is 85.7 cm³/mol. The Morgan fingerprint density at radius 3 is 2.85 bits per heavy atom. The maximum atomic E-state index is 12.0. The first-order chi connectivity index (χ1) is 9.28. The minimum absolute atomic E-state index is 0. The minimum atomic E-state index is -0.126. The molecular weight excluding hydrogens is 520 g/mol. The van der Waals surface area contributed by atoms with E-state index in [1.807, 2.05) is 27.0 Å². The van der Waals surface area contributed by atoms with Crippen molar-refractivity contribution >= 4 is 62.4 Å². The van der Waals surface area contributed by atoms with E-state index in [9.17, 15) is 4.79 Å². The molecule has 1 aromatic heterocycles. The van der Waals surface area contributed by atoms with Crippen molar-refractivity contribution in [3.8, 4) is 0 Å². The number of fused-ring (bicyclic) bond motifs is 1. The van der Waals surface area contributed by atoms with E-state index in [1.165, 1.54) is 11.3 Å². The highest BCUT2D eigenvalue weighted by Gasteiger charge is 2.32. The SMILES string of the molecule is O=C(Nc1n[n+]2c(s1)SCC2=CI)c1ccccc1.[I-]. The molecule has 2 heterocycles. The van der Waals surface area contributed by atoms with Gasteiger partial charge in [0.1, 0.15) is 0 Å². The summed E-state index contributed by atoms with van der Waals surface area (Å²) in [6, 6.07) is 9.15. The van der Waals surface area contributed by atoms with E-state index in [0.717, 1.165) is 15.8 Å². The number of thioether (sulfide) groups is 1.